The zero-order chi connectivity index (χ0) is 23.8. The molecule has 1 heterocycles. The third kappa shape index (κ3) is 7.01. The number of likely N-dealkylation sites (N-methyl/N-ethyl adjacent to an activating group) is 1. The van der Waals surface area contributed by atoms with E-state index in [9.17, 15) is 9.59 Å². The molecule has 0 aliphatic heterocycles. The Morgan fingerprint density at radius 3 is 2.70 bits per heavy atom. The van der Waals surface area contributed by atoms with Gasteiger partial charge < -0.3 is 15.5 Å². The average molecular weight is 491 g/mol. The molecule has 33 heavy (non-hydrogen) atoms. The summed E-state index contributed by atoms with van der Waals surface area (Å²) < 4.78 is 0. The van der Waals surface area contributed by atoms with E-state index in [4.69, 9.17) is 16.6 Å². The number of rotatable bonds is 10. The van der Waals surface area contributed by atoms with E-state index < -0.39 is 6.04 Å². The van der Waals surface area contributed by atoms with Crippen LogP contribution in [0.25, 0.3) is 11.3 Å². The number of nitrogens with zero attached hydrogens (tertiary/aromatic N) is 2. The number of benzene rings is 1. The van der Waals surface area contributed by atoms with Gasteiger partial charge in [0, 0.05) is 22.5 Å². The summed E-state index contributed by atoms with van der Waals surface area (Å²) in [5.41, 5.74) is 1.83. The number of nitrogens with one attached hydrogen (secondary N) is 2. The van der Waals surface area contributed by atoms with Crippen LogP contribution in [0.5, 0.6) is 0 Å². The summed E-state index contributed by atoms with van der Waals surface area (Å²) in [5.74, 6) is 0.0483. The van der Waals surface area contributed by atoms with E-state index in [0.29, 0.717) is 18.1 Å². The molecule has 1 aromatic carbocycles. The lowest BCUT2D eigenvalue weighted by Gasteiger charge is -2.34. The number of carbonyl (C=O) groups is 2. The Kier molecular flexibility index (Phi) is 9.71. The first-order valence-electron chi connectivity index (χ1n) is 11.9. The van der Waals surface area contributed by atoms with Gasteiger partial charge in [0.2, 0.25) is 11.8 Å². The number of hydrogen-bond acceptors (Lipinski definition) is 5. The van der Waals surface area contributed by atoms with Crippen molar-refractivity contribution in [3.63, 3.8) is 0 Å². The van der Waals surface area contributed by atoms with E-state index in [0.717, 1.165) is 48.4 Å². The Balaban J connectivity index is 1.78. The largest absolute Gasteiger partial charge is 0.343 e. The molecule has 0 bridgehead atoms. The Bertz CT molecular complexity index is 929. The highest BCUT2D eigenvalue weighted by molar-refractivity contribution is 7.09. The van der Waals surface area contributed by atoms with Crippen molar-refractivity contribution in [2.24, 2.45) is 5.92 Å². The Hall–Kier alpha value is -1.96. The monoisotopic (exact) mass is 490 g/mol. The van der Waals surface area contributed by atoms with E-state index >= 15 is 0 Å². The van der Waals surface area contributed by atoms with Crippen molar-refractivity contribution in [3.05, 3.63) is 39.7 Å². The molecule has 2 aromatic rings. The first kappa shape index (κ1) is 25.7. The molecular formula is C25H35ClN4O2S. The summed E-state index contributed by atoms with van der Waals surface area (Å²) in [6, 6.07) is 6.79. The maximum Gasteiger partial charge on any atom is 0.245 e. The number of carbonyl (C=O) groups excluding carboxylic acids is 2. The minimum absolute atomic E-state index is 0.0000846. The molecule has 8 heteroatoms. The van der Waals surface area contributed by atoms with Crippen LogP contribution < -0.4 is 10.6 Å². The zero-order valence-corrected chi connectivity index (χ0v) is 21.3. The lowest BCUT2D eigenvalue weighted by molar-refractivity contribution is -0.139. The van der Waals surface area contributed by atoms with Crippen LogP contribution in [0.3, 0.4) is 0 Å². The van der Waals surface area contributed by atoms with Gasteiger partial charge in [-0.25, -0.2) is 4.98 Å². The summed E-state index contributed by atoms with van der Waals surface area (Å²) in [4.78, 5) is 33.1. The molecule has 3 rings (SSSR count). The van der Waals surface area contributed by atoms with Gasteiger partial charge in [-0.05, 0) is 51.3 Å². The Labute approximate surface area is 206 Å². The van der Waals surface area contributed by atoms with Crippen molar-refractivity contribution in [2.45, 2.75) is 71.0 Å². The number of amides is 2. The molecule has 180 valence electrons. The minimum atomic E-state index is -0.493. The Morgan fingerprint density at radius 1 is 1.27 bits per heavy atom. The van der Waals surface area contributed by atoms with Crippen LogP contribution in [0.1, 0.15) is 57.4 Å². The van der Waals surface area contributed by atoms with Crippen molar-refractivity contribution in [1.29, 1.82) is 0 Å². The molecule has 2 N–H and O–H groups in total. The van der Waals surface area contributed by atoms with Gasteiger partial charge in [-0.2, -0.15) is 0 Å². The summed E-state index contributed by atoms with van der Waals surface area (Å²) in [5, 5.41) is 9.60. The van der Waals surface area contributed by atoms with E-state index in [-0.39, 0.29) is 23.8 Å². The fraction of sp³-hybridized carbons (Fsp3) is 0.560. The summed E-state index contributed by atoms with van der Waals surface area (Å²) >= 11 is 7.68. The molecule has 1 aromatic heterocycles. The van der Waals surface area contributed by atoms with Gasteiger partial charge in [0.05, 0.1) is 18.3 Å². The van der Waals surface area contributed by atoms with Gasteiger partial charge in [0.1, 0.15) is 11.0 Å². The molecular weight excluding hydrogens is 456 g/mol. The van der Waals surface area contributed by atoms with Crippen molar-refractivity contribution >= 4 is 34.8 Å². The third-order valence-corrected chi connectivity index (χ3v) is 7.38. The van der Waals surface area contributed by atoms with Crippen LogP contribution in [0.4, 0.5) is 0 Å². The van der Waals surface area contributed by atoms with Crippen LogP contribution in [-0.4, -0.2) is 47.4 Å². The summed E-state index contributed by atoms with van der Waals surface area (Å²) in [6.07, 6.45) is 6.20. The molecule has 1 fully saturated rings. The average Bonchev–Trinajstić information content (AvgIpc) is 3.30. The smallest absolute Gasteiger partial charge is 0.245 e. The first-order valence-corrected chi connectivity index (χ1v) is 13.2. The second kappa shape index (κ2) is 12.5. The molecule has 1 aliphatic carbocycles. The second-order valence-corrected chi connectivity index (χ2v) is 10.2. The molecule has 6 nitrogen and oxygen atoms in total. The van der Waals surface area contributed by atoms with Gasteiger partial charge in [-0.1, -0.05) is 49.9 Å². The third-order valence-electron chi connectivity index (χ3n) is 6.31. The number of halogens is 1. The zero-order valence-electron chi connectivity index (χ0n) is 19.8. The quantitative estimate of drug-likeness (QED) is 0.498. The standard InChI is InChI=1S/C25H35ClN4O2S/c1-4-13-30(15-22-28-21(16-33-22)19-11-8-12-20(26)14-19)25(32)23(18-9-6-5-7-10-18)29-24(31)17(2)27-3/h8,11-12,14,16-18,23,27H,4-7,9-10,13,15H2,1-3H3,(H,29,31)/t17-,23?/m0/s1. The van der Waals surface area contributed by atoms with E-state index in [2.05, 4.69) is 17.6 Å². The number of thiazole rings is 1. The molecule has 1 unspecified atom stereocenters. The molecule has 0 radical (unpaired) electrons. The van der Waals surface area contributed by atoms with E-state index in [1.54, 1.807) is 18.4 Å². The van der Waals surface area contributed by atoms with E-state index in [1.807, 2.05) is 41.5 Å². The molecule has 1 aliphatic rings. The van der Waals surface area contributed by atoms with Crippen LogP contribution in [0.2, 0.25) is 5.02 Å². The summed E-state index contributed by atoms with van der Waals surface area (Å²) in [7, 11) is 1.75. The lowest BCUT2D eigenvalue weighted by Crippen LogP contribution is -2.55. The highest BCUT2D eigenvalue weighted by atomic mass is 35.5. The fourth-order valence-electron chi connectivity index (χ4n) is 4.32. The maximum atomic E-state index is 13.8. The van der Waals surface area contributed by atoms with Gasteiger partial charge in [0.15, 0.2) is 0 Å². The molecule has 2 amide bonds. The Morgan fingerprint density at radius 2 is 2.03 bits per heavy atom. The van der Waals surface area contributed by atoms with Crippen molar-refractivity contribution in [1.82, 2.24) is 20.5 Å². The van der Waals surface area contributed by atoms with Crippen molar-refractivity contribution < 1.29 is 9.59 Å². The number of aromatic nitrogens is 1. The van der Waals surface area contributed by atoms with E-state index in [1.165, 1.54) is 6.42 Å². The normalized spacial score (nSPS) is 16.2. The van der Waals surface area contributed by atoms with Gasteiger partial charge in [-0.15, -0.1) is 11.3 Å². The van der Waals surface area contributed by atoms with Crippen LogP contribution in [-0.2, 0) is 16.1 Å². The predicted octanol–water partition coefficient (Wildman–Crippen LogP) is 4.88. The van der Waals surface area contributed by atoms with Gasteiger partial charge in [-0.3, -0.25) is 9.59 Å². The molecule has 2 atom stereocenters. The second-order valence-electron chi connectivity index (χ2n) is 8.79. The fourth-order valence-corrected chi connectivity index (χ4v) is 5.33. The van der Waals surface area contributed by atoms with Gasteiger partial charge >= 0.3 is 0 Å². The van der Waals surface area contributed by atoms with Crippen molar-refractivity contribution in [2.75, 3.05) is 13.6 Å². The molecule has 0 spiro atoms. The van der Waals surface area contributed by atoms with Crippen LogP contribution in [0, 0.1) is 5.92 Å². The lowest BCUT2D eigenvalue weighted by atomic mass is 9.83. The highest BCUT2D eigenvalue weighted by Gasteiger charge is 2.34. The summed E-state index contributed by atoms with van der Waals surface area (Å²) in [6.45, 7) is 4.95. The topological polar surface area (TPSA) is 74.3 Å². The predicted molar refractivity (Wildman–Crippen MR) is 135 cm³/mol. The minimum Gasteiger partial charge on any atom is -0.343 e. The maximum absolute atomic E-state index is 13.8. The molecule has 0 saturated heterocycles. The highest BCUT2D eigenvalue weighted by Crippen LogP contribution is 2.29. The van der Waals surface area contributed by atoms with Crippen LogP contribution >= 0.6 is 22.9 Å². The molecule has 1 saturated carbocycles. The van der Waals surface area contributed by atoms with Gasteiger partial charge in [0.25, 0.3) is 0 Å². The van der Waals surface area contributed by atoms with Crippen LogP contribution in [0.15, 0.2) is 29.6 Å². The van der Waals surface area contributed by atoms with Crippen molar-refractivity contribution in [3.8, 4) is 11.3 Å². The first-order chi connectivity index (χ1) is 15.9. The number of hydrogen-bond donors (Lipinski definition) is 2. The SMILES string of the molecule is CCCN(Cc1nc(-c2cccc(Cl)c2)cs1)C(=O)C(NC(=O)[C@H](C)NC)C1CCCCC1.